The number of pyridine rings is 1. The van der Waals surface area contributed by atoms with Crippen LogP contribution in [-0.2, 0) is 16.0 Å². The molecule has 0 unspecified atom stereocenters. The molecule has 3 rings (SSSR count). The number of hydrogen-bond donors (Lipinski definition) is 1. The zero-order valence-electron chi connectivity index (χ0n) is 14.1. The van der Waals surface area contributed by atoms with Crippen LogP contribution in [-0.4, -0.2) is 30.0 Å². The zero-order chi connectivity index (χ0) is 18.5. The zero-order valence-corrected chi connectivity index (χ0v) is 14.9. The minimum absolute atomic E-state index is 0.235. The topological polar surface area (TPSA) is 68.3 Å². The molecular weight excluding hydrogens is 352 g/mol. The molecule has 5 nitrogen and oxygen atoms in total. The fourth-order valence-corrected chi connectivity index (χ4v) is 2.87. The van der Waals surface area contributed by atoms with E-state index in [4.69, 9.17) is 16.3 Å². The Labute approximate surface area is 156 Å². The van der Waals surface area contributed by atoms with Crippen molar-refractivity contribution < 1.29 is 14.3 Å². The Kier molecular flexibility index (Phi) is 5.49. The van der Waals surface area contributed by atoms with Crippen molar-refractivity contribution in [3.05, 3.63) is 76.9 Å². The number of hydrogen-bond acceptors (Lipinski definition) is 4. The Balaban J connectivity index is 1.82. The number of para-hydroxylation sites is 1. The van der Waals surface area contributed by atoms with Gasteiger partial charge in [0.15, 0.2) is 0 Å². The summed E-state index contributed by atoms with van der Waals surface area (Å²) in [5.41, 5.74) is 1.92. The molecule has 132 valence electrons. The van der Waals surface area contributed by atoms with E-state index in [2.05, 4.69) is 10.3 Å². The van der Waals surface area contributed by atoms with E-state index < -0.39 is 17.9 Å². The van der Waals surface area contributed by atoms with Gasteiger partial charge in [0.25, 0.3) is 5.91 Å². The largest absolute Gasteiger partial charge is 0.467 e. The number of amides is 1. The minimum atomic E-state index is -0.848. The van der Waals surface area contributed by atoms with Crippen molar-refractivity contribution in [1.29, 1.82) is 0 Å². The molecular formula is C20H17ClN2O3. The van der Waals surface area contributed by atoms with Gasteiger partial charge >= 0.3 is 5.97 Å². The van der Waals surface area contributed by atoms with Gasteiger partial charge in [-0.3, -0.25) is 9.78 Å². The lowest BCUT2D eigenvalue weighted by Gasteiger charge is -2.17. The Morgan fingerprint density at radius 3 is 2.65 bits per heavy atom. The van der Waals surface area contributed by atoms with Crippen molar-refractivity contribution in [3.63, 3.8) is 0 Å². The van der Waals surface area contributed by atoms with Crippen LogP contribution >= 0.6 is 11.6 Å². The van der Waals surface area contributed by atoms with Crippen LogP contribution in [0.1, 0.15) is 15.9 Å². The van der Waals surface area contributed by atoms with Crippen LogP contribution in [0, 0.1) is 0 Å². The second-order valence-electron chi connectivity index (χ2n) is 5.76. The van der Waals surface area contributed by atoms with Crippen LogP contribution in [0.5, 0.6) is 0 Å². The lowest BCUT2D eigenvalue weighted by molar-refractivity contribution is -0.142. The van der Waals surface area contributed by atoms with Crippen molar-refractivity contribution >= 4 is 34.4 Å². The first-order chi connectivity index (χ1) is 12.6. The first-order valence-electron chi connectivity index (χ1n) is 8.05. The molecule has 1 atom stereocenters. The molecule has 0 saturated carbocycles. The Morgan fingerprint density at radius 1 is 1.15 bits per heavy atom. The highest BCUT2D eigenvalue weighted by molar-refractivity contribution is 6.31. The number of nitrogens with zero attached hydrogens (tertiary/aromatic N) is 1. The van der Waals surface area contributed by atoms with E-state index in [9.17, 15) is 9.59 Å². The van der Waals surface area contributed by atoms with Crippen LogP contribution < -0.4 is 5.32 Å². The van der Waals surface area contributed by atoms with E-state index >= 15 is 0 Å². The van der Waals surface area contributed by atoms with E-state index in [1.54, 1.807) is 18.2 Å². The van der Waals surface area contributed by atoms with Crippen LogP contribution in [0.15, 0.2) is 60.8 Å². The second-order valence-corrected chi connectivity index (χ2v) is 6.17. The van der Waals surface area contributed by atoms with Gasteiger partial charge in [0.1, 0.15) is 6.04 Å². The normalized spacial score (nSPS) is 11.8. The molecule has 1 amide bonds. The molecule has 6 heteroatoms. The molecule has 1 aromatic heterocycles. The van der Waals surface area contributed by atoms with Crippen LogP contribution in [0.2, 0.25) is 5.02 Å². The SMILES string of the molecule is COC(=O)[C@@H](Cc1ccccc1Cl)NC(=O)c1cnc2ccccc2c1. The predicted molar refractivity (Wildman–Crippen MR) is 100 cm³/mol. The fraction of sp³-hybridized carbons (Fsp3) is 0.150. The number of carbonyl (C=O) groups excluding carboxylic acids is 2. The van der Waals surface area contributed by atoms with Gasteiger partial charge in [0, 0.05) is 23.0 Å². The average Bonchev–Trinajstić information content (AvgIpc) is 2.68. The van der Waals surface area contributed by atoms with Gasteiger partial charge in [-0.25, -0.2) is 4.79 Å². The molecule has 0 radical (unpaired) electrons. The lowest BCUT2D eigenvalue weighted by Crippen LogP contribution is -2.43. The number of methoxy groups -OCH3 is 1. The van der Waals surface area contributed by atoms with Crippen molar-refractivity contribution in [2.45, 2.75) is 12.5 Å². The average molecular weight is 369 g/mol. The second kappa shape index (κ2) is 7.97. The Hall–Kier alpha value is -2.92. The van der Waals surface area contributed by atoms with Gasteiger partial charge < -0.3 is 10.1 Å². The summed E-state index contributed by atoms with van der Waals surface area (Å²) in [4.78, 5) is 29.0. The number of ether oxygens (including phenoxy) is 1. The fourth-order valence-electron chi connectivity index (χ4n) is 2.66. The highest BCUT2D eigenvalue weighted by Gasteiger charge is 2.23. The summed E-state index contributed by atoms with van der Waals surface area (Å²) in [6.07, 6.45) is 1.72. The highest BCUT2D eigenvalue weighted by Crippen LogP contribution is 2.18. The molecule has 0 fully saturated rings. The summed E-state index contributed by atoms with van der Waals surface area (Å²) in [5.74, 6) is -0.933. The lowest BCUT2D eigenvalue weighted by atomic mass is 10.1. The van der Waals surface area contributed by atoms with Gasteiger partial charge in [-0.1, -0.05) is 48.0 Å². The molecule has 0 aliphatic rings. The third-order valence-electron chi connectivity index (χ3n) is 4.03. The van der Waals surface area contributed by atoms with E-state index in [-0.39, 0.29) is 6.42 Å². The van der Waals surface area contributed by atoms with Crippen molar-refractivity contribution in [1.82, 2.24) is 10.3 Å². The minimum Gasteiger partial charge on any atom is -0.467 e. The van der Waals surface area contributed by atoms with E-state index in [1.807, 2.05) is 36.4 Å². The summed E-state index contributed by atoms with van der Waals surface area (Å²) in [5, 5.41) is 4.09. The quantitative estimate of drug-likeness (QED) is 0.701. The smallest absolute Gasteiger partial charge is 0.328 e. The Morgan fingerprint density at radius 2 is 1.88 bits per heavy atom. The summed E-state index contributed by atoms with van der Waals surface area (Å²) >= 11 is 6.16. The molecule has 0 spiro atoms. The predicted octanol–water partition coefficient (Wildman–Crippen LogP) is 3.40. The van der Waals surface area contributed by atoms with Crippen LogP contribution in [0.25, 0.3) is 10.9 Å². The van der Waals surface area contributed by atoms with Gasteiger partial charge in [0.2, 0.25) is 0 Å². The number of rotatable bonds is 5. The van der Waals surface area contributed by atoms with E-state index in [0.29, 0.717) is 10.6 Å². The maximum absolute atomic E-state index is 12.6. The van der Waals surface area contributed by atoms with Crippen molar-refractivity contribution in [2.75, 3.05) is 7.11 Å². The highest BCUT2D eigenvalue weighted by atomic mass is 35.5. The maximum atomic E-state index is 12.6. The van der Waals surface area contributed by atoms with Gasteiger partial charge in [0.05, 0.1) is 18.2 Å². The third-order valence-corrected chi connectivity index (χ3v) is 4.39. The number of carbonyl (C=O) groups is 2. The molecule has 3 aromatic rings. The summed E-state index contributed by atoms with van der Waals surface area (Å²) in [6, 6.07) is 15.6. The summed E-state index contributed by atoms with van der Waals surface area (Å²) in [7, 11) is 1.28. The first kappa shape index (κ1) is 17.9. The first-order valence-corrected chi connectivity index (χ1v) is 8.43. The monoisotopic (exact) mass is 368 g/mol. The standard InChI is InChI=1S/C20H17ClN2O3/c1-26-20(25)18(11-13-6-2-4-8-16(13)21)23-19(24)15-10-14-7-3-5-9-17(14)22-12-15/h2-10,12,18H,11H2,1H3,(H,23,24)/t18-/m1/s1. The van der Waals surface area contributed by atoms with Gasteiger partial charge in [-0.05, 0) is 23.8 Å². The van der Waals surface area contributed by atoms with Gasteiger partial charge in [-0.15, -0.1) is 0 Å². The molecule has 26 heavy (non-hydrogen) atoms. The summed E-state index contributed by atoms with van der Waals surface area (Å²) < 4.78 is 4.82. The maximum Gasteiger partial charge on any atom is 0.328 e. The number of benzene rings is 2. The molecule has 1 N–H and O–H groups in total. The molecule has 0 aliphatic carbocycles. The number of nitrogens with one attached hydrogen (secondary N) is 1. The number of halogens is 1. The Bertz CT molecular complexity index is 958. The van der Waals surface area contributed by atoms with Crippen LogP contribution in [0.4, 0.5) is 0 Å². The molecule has 0 bridgehead atoms. The van der Waals surface area contributed by atoms with E-state index in [0.717, 1.165) is 16.5 Å². The molecule has 2 aromatic carbocycles. The number of esters is 1. The summed E-state index contributed by atoms with van der Waals surface area (Å²) in [6.45, 7) is 0. The number of aromatic nitrogens is 1. The third kappa shape index (κ3) is 4.00. The van der Waals surface area contributed by atoms with Crippen molar-refractivity contribution in [2.24, 2.45) is 0 Å². The molecule has 0 aliphatic heterocycles. The number of fused-ring (bicyclic) bond motifs is 1. The van der Waals surface area contributed by atoms with E-state index in [1.165, 1.54) is 13.3 Å². The van der Waals surface area contributed by atoms with Crippen LogP contribution in [0.3, 0.4) is 0 Å². The van der Waals surface area contributed by atoms with Gasteiger partial charge in [-0.2, -0.15) is 0 Å². The van der Waals surface area contributed by atoms with Crippen molar-refractivity contribution in [3.8, 4) is 0 Å². The molecule has 0 saturated heterocycles. The molecule has 1 heterocycles.